The number of likely N-dealkylation sites (tertiary alicyclic amines) is 1. The van der Waals surface area contributed by atoms with Gasteiger partial charge < -0.3 is 10.2 Å². The molecule has 4 rings (SSSR count). The molecule has 0 atom stereocenters. The minimum Gasteiger partial charge on any atom is -0.337 e. The highest BCUT2D eigenvalue weighted by atomic mass is 16.2. The van der Waals surface area contributed by atoms with Gasteiger partial charge in [-0.05, 0) is 56.9 Å². The maximum Gasteiger partial charge on any atom is 0.274 e. The van der Waals surface area contributed by atoms with Gasteiger partial charge in [0.25, 0.3) is 5.91 Å². The Labute approximate surface area is 175 Å². The van der Waals surface area contributed by atoms with E-state index >= 15 is 0 Å². The summed E-state index contributed by atoms with van der Waals surface area (Å²) < 4.78 is 1.79. The summed E-state index contributed by atoms with van der Waals surface area (Å²) in [4.78, 5) is 35.5. The average Bonchev–Trinajstić information content (AvgIpc) is 3.24. The molecular formula is C22H26N6O2. The Balaban J connectivity index is 1.28. The highest BCUT2D eigenvalue weighted by Crippen LogP contribution is 2.23. The van der Waals surface area contributed by atoms with E-state index in [4.69, 9.17) is 0 Å². The third-order valence-corrected chi connectivity index (χ3v) is 5.49. The van der Waals surface area contributed by atoms with Crippen molar-refractivity contribution < 1.29 is 9.59 Å². The number of hydrogen-bond donors (Lipinski definition) is 1. The zero-order chi connectivity index (χ0) is 21.1. The molecule has 1 aliphatic rings. The third-order valence-electron chi connectivity index (χ3n) is 5.49. The summed E-state index contributed by atoms with van der Waals surface area (Å²) in [5, 5.41) is 7.33. The van der Waals surface area contributed by atoms with E-state index in [-0.39, 0.29) is 23.8 Å². The average molecular weight is 406 g/mol. The molecule has 30 heavy (non-hydrogen) atoms. The van der Waals surface area contributed by atoms with Gasteiger partial charge in [0.15, 0.2) is 0 Å². The predicted octanol–water partition coefficient (Wildman–Crippen LogP) is 3.29. The van der Waals surface area contributed by atoms with Crippen molar-refractivity contribution in [3.05, 3.63) is 48.5 Å². The Morgan fingerprint density at radius 3 is 2.53 bits per heavy atom. The number of carbonyl (C=O) groups is 2. The monoisotopic (exact) mass is 406 g/mol. The van der Waals surface area contributed by atoms with Crippen molar-refractivity contribution in [2.24, 2.45) is 5.92 Å². The van der Waals surface area contributed by atoms with Crippen LogP contribution in [-0.2, 0) is 4.79 Å². The van der Waals surface area contributed by atoms with Gasteiger partial charge in [-0.15, -0.1) is 0 Å². The molecular weight excluding hydrogens is 380 g/mol. The number of benzene rings is 1. The molecule has 0 unspecified atom stereocenters. The molecule has 1 aromatic carbocycles. The number of rotatable bonds is 5. The van der Waals surface area contributed by atoms with Crippen LogP contribution < -0.4 is 5.32 Å². The molecule has 1 saturated heterocycles. The zero-order valence-electron chi connectivity index (χ0n) is 17.3. The summed E-state index contributed by atoms with van der Waals surface area (Å²) in [5.74, 6) is 0.218. The van der Waals surface area contributed by atoms with Gasteiger partial charge in [0, 0.05) is 49.8 Å². The first-order valence-corrected chi connectivity index (χ1v) is 10.3. The van der Waals surface area contributed by atoms with Gasteiger partial charge in [-0.3, -0.25) is 24.2 Å². The number of fused-ring (bicyclic) bond motifs is 1. The molecule has 0 bridgehead atoms. The van der Waals surface area contributed by atoms with Gasteiger partial charge >= 0.3 is 0 Å². The highest BCUT2D eigenvalue weighted by Gasteiger charge is 2.26. The minimum absolute atomic E-state index is 0.0151. The summed E-state index contributed by atoms with van der Waals surface area (Å²) in [5.41, 5.74) is 2.76. The summed E-state index contributed by atoms with van der Waals surface area (Å²) in [6.07, 6.45) is 7.19. The SMILES string of the molecule is CC(C)n1ccc(C(=O)N2CCC(CC(=O)Nc3ccc4nccnc4c3)CC2)n1. The number of carbonyl (C=O) groups excluding carboxylic acids is 2. The summed E-state index contributed by atoms with van der Waals surface area (Å²) in [6, 6.07) is 7.52. The maximum atomic E-state index is 12.7. The first-order valence-electron chi connectivity index (χ1n) is 10.3. The Hall–Kier alpha value is -3.29. The Kier molecular flexibility index (Phi) is 5.74. The fraction of sp³-hybridized carbons (Fsp3) is 0.409. The van der Waals surface area contributed by atoms with E-state index < -0.39 is 0 Å². The van der Waals surface area contributed by atoms with E-state index in [1.165, 1.54) is 0 Å². The van der Waals surface area contributed by atoms with E-state index in [0.29, 0.717) is 25.2 Å². The number of nitrogens with zero attached hydrogens (tertiary/aromatic N) is 5. The van der Waals surface area contributed by atoms with Crippen molar-refractivity contribution in [3.8, 4) is 0 Å². The second-order valence-electron chi connectivity index (χ2n) is 8.02. The van der Waals surface area contributed by atoms with E-state index in [2.05, 4.69) is 20.4 Å². The normalized spacial score (nSPS) is 15.0. The van der Waals surface area contributed by atoms with Gasteiger partial charge in [-0.25, -0.2) is 0 Å². The first kappa shape index (κ1) is 20.0. The molecule has 2 amide bonds. The molecule has 8 nitrogen and oxygen atoms in total. The molecule has 0 saturated carbocycles. The molecule has 1 aliphatic heterocycles. The van der Waals surface area contributed by atoms with Crippen LogP contribution in [0.2, 0.25) is 0 Å². The number of hydrogen-bond acceptors (Lipinski definition) is 5. The lowest BCUT2D eigenvalue weighted by atomic mass is 9.93. The van der Waals surface area contributed by atoms with E-state index in [1.54, 1.807) is 23.1 Å². The van der Waals surface area contributed by atoms with Crippen molar-refractivity contribution in [3.63, 3.8) is 0 Å². The zero-order valence-corrected chi connectivity index (χ0v) is 17.3. The lowest BCUT2D eigenvalue weighted by Gasteiger charge is -2.31. The molecule has 8 heteroatoms. The van der Waals surface area contributed by atoms with Crippen LogP contribution in [0.25, 0.3) is 11.0 Å². The molecule has 1 fully saturated rings. The summed E-state index contributed by atoms with van der Waals surface area (Å²) >= 11 is 0. The van der Waals surface area contributed by atoms with Gasteiger partial charge in [0.2, 0.25) is 5.91 Å². The van der Waals surface area contributed by atoms with Crippen LogP contribution in [0.5, 0.6) is 0 Å². The first-order chi connectivity index (χ1) is 14.5. The molecule has 3 aromatic rings. The summed E-state index contributed by atoms with van der Waals surface area (Å²) in [7, 11) is 0. The second-order valence-corrected chi connectivity index (χ2v) is 8.02. The Morgan fingerprint density at radius 2 is 1.83 bits per heavy atom. The lowest BCUT2D eigenvalue weighted by Crippen LogP contribution is -2.39. The molecule has 0 spiro atoms. The number of amides is 2. The second kappa shape index (κ2) is 8.61. The lowest BCUT2D eigenvalue weighted by molar-refractivity contribution is -0.117. The molecule has 1 N–H and O–H groups in total. The topological polar surface area (TPSA) is 93.0 Å². The fourth-order valence-electron chi connectivity index (χ4n) is 3.76. The smallest absolute Gasteiger partial charge is 0.274 e. The van der Waals surface area contributed by atoms with Gasteiger partial charge in [-0.2, -0.15) is 5.10 Å². The molecule has 3 heterocycles. The van der Waals surface area contributed by atoms with Crippen LogP contribution in [0.3, 0.4) is 0 Å². The van der Waals surface area contributed by atoms with Crippen LogP contribution in [0.15, 0.2) is 42.9 Å². The quantitative estimate of drug-likeness (QED) is 0.702. The predicted molar refractivity (Wildman–Crippen MR) is 114 cm³/mol. The van der Waals surface area contributed by atoms with E-state index in [9.17, 15) is 9.59 Å². The van der Waals surface area contributed by atoms with Gasteiger partial charge in [0.1, 0.15) is 5.69 Å². The Bertz CT molecular complexity index is 1050. The van der Waals surface area contributed by atoms with Gasteiger partial charge in [0.05, 0.1) is 11.0 Å². The molecule has 0 radical (unpaired) electrons. The van der Waals surface area contributed by atoms with Crippen LogP contribution in [0.1, 0.15) is 49.6 Å². The van der Waals surface area contributed by atoms with Crippen molar-refractivity contribution in [1.29, 1.82) is 0 Å². The van der Waals surface area contributed by atoms with Crippen molar-refractivity contribution in [2.75, 3.05) is 18.4 Å². The van der Waals surface area contributed by atoms with Crippen LogP contribution >= 0.6 is 0 Å². The standard InChI is InChI=1S/C22H26N6O2/c1-15(2)28-12-7-19(26-28)22(30)27-10-5-16(6-11-27)13-21(29)25-17-3-4-18-20(14-17)24-9-8-23-18/h3-4,7-9,12,14-16H,5-6,10-11,13H2,1-2H3,(H,25,29). The fourth-order valence-corrected chi connectivity index (χ4v) is 3.76. The number of anilines is 1. The largest absolute Gasteiger partial charge is 0.337 e. The van der Waals surface area contributed by atoms with Crippen molar-refractivity contribution >= 4 is 28.5 Å². The Morgan fingerprint density at radius 1 is 1.10 bits per heavy atom. The van der Waals surface area contributed by atoms with Crippen LogP contribution in [-0.4, -0.2) is 49.6 Å². The number of nitrogens with one attached hydrogen (secondary N) is 1. The van der Waals surface area contributed by atoms with E-state index in [0.717, 1.165) is 29.6 Å². The van der Waals surface area contributed by atoms with Crippen LogP contribution in [0, 0.1) is 5.92 Å². The molecule has 2 aromatic heterocycles. The third kappa shape index (κ3) is 4.48. The summed E-state index contributed by atoms with van der Waals surface area (Å²) in [6.45, 7) is 5.36. The molecule has 156 valence electrons. The highest BCUT2D eigenvalue weighted by molar-refractivity contribution is 5.93. The van der Waals surface area contributed by atoms with Gasteiger partial charge in [-0.1, -0.05) is 0 Å². The minimum atomic E-state index is -0.0328. The van der Waals surface area contributed by atoms with Crippen molar-refractivity contribution in [1.82, 2.24) is 24.6 Å². The number of aromatic nitrogens is 4. The molecule has 0 aliphatic carbocycles. The van der Waals surface area contributed by atoms with E-state index in [1.807, 2.05) is 43.1 Å². The van der Waals surface area contributed by atoms with Crippen molar-refractivity contribution in [2.45, 2.75) is 39.2 Å². The maximum absolute atomic E-state index is 12.7. The number of piperidine rings is 1. The van der Waals surface area contributed by atoms with Crippen LogP contribution in [0.4, 0.5) is 5.69 Å².